The molecule has 0 N–H and O–H groups in total. The van der Waals surface area contributed by atoms with Gasteiger partial charge >= 0.3 is 17.8 Å². The van der Waals surface area contributed by atoms with Crippen molar-refractivity contribution in [2.75, 3.05) is 27.2 Å². The van der Waals surface area contributed by atoms with E-state index in [2.05, 4.69) is 0 Å². The summed E-state index contributed by atoms with van der Waals surface area (Å²) in [6.45, 7) is 2.75. The van der Waals surface area contributed by atoms with Crippen LogP contribution in [0.4, 0.5) is 26.3 Å². The average molecular weight is 378 g/mol. The Balaban J connectivity index is 5.52. The van der Waals surface area contributed by atoms with E-state index >= 15 is 0 Å². The van der Waals surface area contributed by atoms with Crippen molar-refractivity contribution in [3.63, 3.8) is 0 Å². The first kappa shape index (κ1) is 23.5. The zero-order chi connectivity index (χ0) is 20.1. The summed E-state index contributed by atoms with van der Waals surface area (Å²) < 4.78 is 83.1. The summed E-state index contributed by atoms with van der Waals surface area (Å²) in [5.74, 6) is -22.5. The lowest BCUT2D eigenvalue weighted by molar-refractivity contribution is -0.292. The molecule has 0 radical (unpaired) electrons. The molecule has 0 unspecified atom stereocenters. The third-order valence-electron chi connectivity index (χ3n) is 3.71. The normalized spacial score (nSPS) is 12.9. The van der Waals surface area contributed by atoms with E-state index in [4.69, 9.17) is 0 Å². The highest BCUT2D eigenvalue weighted by atomic mass is 19.3. The number of hydrogen-bond donors (Lipinski definition) is 0. The van der Waals surface area contributed by atoms with E-state index in [1.165, 1.54) is 0 Å². The van der Waals surface area contributed by atoms with E-state index in [1.54, 1.807) is 13.8 Å². The van der Waals surface area contributed by atoms with Gasteiger partial charge in [0, 0.05) is 27.2 Å². The predicted molar refractivity (Wildman–Crippen MR) is 79.9 cm³/mol. The van der Waals surface area contributed by atoms with Gasteiger partial charge in [0.15, 0.2) is 0 Å². The molecule has 25 heavy (non-hydrogen) atoms. The SMILES string of the molecule is CCCCN(C)C(=O)C(F)(F)C(F)(F)C(F)(F)C(=O)N(C)CCCC. The van der Waals surface area contributed by atoms with Gasteiger partial charge in [-0.2, -0.15) is 26.3 Å². The van der Waals surface area contributed by atoms with Crippen LogP contribution in [0, 0.1) is 0 Å². The summed E-state index contributed by atoms with van der Waals surface area (Å²) in [6.07, 6.45) is 1.44. The molecule has 0 aliphatic rings. The van der Waals surface area contributed by atoms with Crippen LogP contribution in [0.1, 0.15) is 39.5 Å². The first-order valence-corrected chi connectivity index (χ1v) is 7.93. The van der Waals surface area contributed by atoms with Gasteiger partial charge in [-0.05, 0) is 12.8 Å². The van der Waals surface area contributed by atoms with E-state index in [0.29, 0.717) is 12.8 Å². The molecule has 0 saturated heterocycles. The highest BCUT2D eigenvalue weighted by molar-refractivity contribution is 5.89. The quantitative estimate of drug-likeness (QED) is 0.547. The van der Waals surface area contributed by atoms with Crippen LogP contribution >= 0.6 is 0 Å². The van der Waals surface area contributed by atoms with E-state index in [0.717, 1.165) is 14.1 Å². The van der Waals surface area contributed by atoms with Gasteiger partial charge < -0.3 is 9.80 Å². The molecule has 0 aromatic carbocycles. The van der Waals surface area contributed by atoms with E-state index in [-0.39, 0.29) is 35.7 Å². The molecule has 0 heterocycles. The van der Waals surface area contributed by atoms with Gasteiger partial charge in [-0.15, -0.1) is 0 Å². The van der Waals surface area contributed by atoms with E-state index in [9.17, 15) is 35.9 Å². The number of hydrogen-bond acceptors (Lipinski definition) is 2. The van der Waals surface area contributed by atoms with Crippen LogP contribution in [0.25, 0.3) is 0 Å². The first-order valence-electron chi connectivity index (χ1n) is 7.93. The Hall–Kier alpha value is -1.48. The molecule has 0 aliphatic heterocycles. The van der Waals surface area contributed by atoms with Crippen molar-refractivity contribution < 1.29 is 35.9 Å². The smallest absolute Gasteiger partial charge is 0.340 e. The molecular weight excluding hydrogens is 354 g/mol. The van der Waals surface area contributed by atoms with Crippen LogP contribution in [0.15, 0.2) is 0 Å². The molecule has 0 aromatic rings. The molecule has 148 valence electrons. The number of nitrogens with zero attached hydrogens (tertiary/aromatic N) is 2. The number of carbonyl (C=O) groups is 2. The van der Waals surface area contributed by atoms with Crippen molar-refractivity contribution >= 4 is 11.8 Å². The molecule has 0 spiro atoms. The Kier molecular flexibility index (Phi) is 8.23. The number of carbonyl (C=O) groups excluding carboxylic acids is 2. The summed E-state index contributed by atoms with van der Waals surface area (Å²) in [6, 6.07) is 0. The topological polar surface area (TPSA) is 40.6 Å². The summed E-state index contributed by atoms with van der Waals surface area (Å²) in [7, 11) is 1.63. The van der Waals surface area contributed by atoms with Gasteiger partial charge in [0.2, 0.25) is 0 Å². The van der Waals surface area contributed by atoms with Gasteiger partial charge in [-0.1, -0.05) is 26.7 Å². The summed E-state index contributed by atoms with van der Waals surface area (Å²) >= 11 is 0. The Morgan fingerprint density at radius 2 is 1.00 bits per heavy atom. The van der Waals surface area contributed by atoms with Crippen molar-refractivity contribution in [1.29, 1.82) is 0 Å². The highest BCUT2D eigenvalue weighted by Crippen LogP contribution is 2.47. The van der Waals surface area contributed by atoms with Crippen LogP contribution in [-0.4, -0.2) is 66.6 Å². The van der Waals surface area contributed by atoms with Crippen LogP contribution in [0.5, 0.6) is 0 Å². The molecule has 0 bridgehead atoms. The molecule has 0 rings (SSSR count). The van der Waals surface area contributed by atoms with Gasteiger partial charge in [0.05, 0.1) is 0 Å². The molecule has 10 heteroatoms. The molecule has 0 fully saturated rings. The van der Waals surface area contributed by atoms with Gasteiger partial charge in [-0.25, -0.2) is 0 Å². The minimum Gasteiger partial charge on any atom is -0.340 e. The zero-order valence-corrected chi connectivity index (χ0v) is 14.7. The Morgan fingerprint density at radius 1 is 0.720 bits per heavy atom. The predicted octanol–water partition coefficient (Wildman–Crippen LogP) is 3.41. The standard InChI is InChI=1S/C15H24F6N2O2/c1-5-7-9-22(3)11(24)13(16,17)15(20,21)14(18,19)12(25)23(4)10-8-6-2/h5-10H2,1-4H3. The van der Waals surface area contributed by atoms with Gasteiger partial charge in [0.25, 0.3) is 11.8 Å². The number of unbranched alkanes of at least 4 members (excludes halogenated alkanes) is 2. The molecule has 0 saturated carbocycles. The van der Waals surface area contributed by atoms with E-state index < -0.39 is 29.6 Å². The maximum Gasteiger partial charge on any atom is 0.393 e. The lowest BCUT2D eigenvalue weighted by Crippen LogP contribution is -2.65. The second-order valence-corrected chi connectivity index (χ2v) is 5.88. The minimum atomic E-state index is -6.16. The molecule has 2 amide bonds. The second-order valence-electron chi connectivity index (χ2n) is 5.88. The minimum absolute atomic E-state index is 0.235. The van der Waals surface area contributed by atoms with Crippen molar-refractivity contribution in [1.82, 2.24) is 9.80 Å². The van der Waals surface area contributed by atoms with Crippen molar-refractivity contribution in [2.24, 2.45) is 0 Å². The van der Waals surface area contributed by atoms with E-state index in [1.807, 2.05) is 0 Å². The third kappa shape index (κ3) is 4.78. The molecule has 0 atom stereocenters. The first-order chi connectivity index (χ1) is 11.3. The molecule has 0 aromatic heterocycles. The van der Waals surface area contributed by atoms with Crippen molar-refractivity contribution in [3.8, 4) is 0 Å². The Bertz CT molecular complexity index is 431. The maximum absolute atomic E-state index is 13.9. The summed E-state index contributed by atoms with van der Waals surface area (Å²) in [5.41, 5.74) is 0. The molecule has 0 aliphatic carbocycles. The molecular formula is C15H24F6N2O2. The summed E-state index contributed by atoms with van der Waals surface area (Å²) in [4.78, 5) is 23.7. The largest absolute Gasteiger partial charge is 0.393 e. The number of rotatable bonds is 10. The average Bonchev–Trinajstić information content (AvgIpc) is 2.55. The third-order valence-corrected chi connectivity index (χ3v) is 3.71. The van der Waals surface area contributed by atoms with Crippen LogP contribution < -0.4 is 0 Å². The number of alkyl halides is 6. The fourth-order valence-corrected chi connectivity index (χ4v) is 1.94. The highest BCUT2D eigenvalue weighted by Gasteiger charge is 2.78. The van der Waals surface area contributed by atoms with Gasteiger partial charge in [-0.3, -0.25) is 9.59 Å². The number of amides is 2. The van der Waals surface area contributed by atoms with Gasteiger partial charge in [0.1, 0.15) is 0 Å². The lowest BCUT2D eigenvalue weighted by atomic mass is 10.0. The zero-order valence-electron chi connectivity index (χ0n) is 14.7. The van der Waals surface area contributed by atoms with Crippen molar-refractivity contribution in [3.05, 3.63) is 0 Å². The van der Waals surface area contributed by atoms with Crippen molar-refractivity contribution in [2.45, 2.75) is 57.3 Å². The van der Waals surface area contributed by atoms with Crippen LogP contribution in [0.2, 0.25) is 0 Å². The fraction of sp³-hybridized carbons (Fsp3) is 0.867. The van der Waals surface area contributed by atoms with Crippen LogP contribution in [-0.2, 0) is 9.59 Å². The van der Waals surface area contributed by atoms with Crippen LogP contribution in [0.3, 0.4) is 0 Å². The summed E-state index contributed by atoms with van der Waals surface area (Å²) in [5, 5.41) is 0. The second kappa shape index (κ2) is 8.75. The fourth-order valence-electron chi connectivity index (χ4n) is 1.94. The Morgan fingerprint density at radius 3 is 1.24 bits per heavy atom. The molecule has 4 nitrogen and oxygen atoms in total. The lowest BCUT2D eigenvalue weighted by Gasteiger charge is -2.34. The monoisotopic (exact) mass is 378 g/mol. The number of halogens is 6. The Labute approximate surface area is 143 Å². The maximum atomic E-state index is 13.9.